The van der Waals surface area contributed by atoms with Crippen LogP contribution in [0.3, 0.4) is 0 Å². The number of rotatable bonds is 6. The Kier molecular flexibility index (Phi) is 5.36. The van der Waals surface area contributed by atoms with Crippen LogP contribution in [0, 0.1) is 6.92 Å². The van der Waals surface area contributed by atoms with Crippen molar-refractivity contribution in [2.75, 3.05) is 11.9 Å². The van der Waals surface area contributed by atoms with Crippen LogP contribution in [0.25, 0.3) is 5.69 Å². The minimum Gasteiger partial charge on any atom is -0.451 e. The summed E-state index contributed by atoms with van der Waals surface area (Å²) in [7, 11) is 0. The van der Waals surface area contributed by atoms with Gasteiger partial charge in [-0.25, -0.2) is 9.48 Å². The molecule has 1 aliphatic carbocycles. The summed E-state index contributed by atoms with van der Waals surface area (Å²) in [6.07, 6.45) is 2.14. The average Bonchev–Trinajstić information content (AvgIpc) is 3.48. The molecule has 6 nitrogen and oxygen atoms in total. The SMILES string of the molecule is Cc1ccc(Cl)cc1NC(=O)COC(=O)c1cc(C2CC2)nn1-c1ccccc1. The van der Waals surface area contributed by atoms with E-state index in [0.29, 0.717) is 22.3 Å². The molecular weight excluding hydrogens is 390 g/mol. The Hall–Kier alpha value is -3.12. The van der Waals surface area contributed by atoms with Gasteiger partial charge >= 0.3 is 5.97 Å². The van der Waals surface area contributed by atoms with E-state index in [1.165, 1.54) is 0 Å². The summed E-state index contributed by atoms with van der Waals surface area (Å²) in [5.41, 5.74) is 3.41. The van der Waals surface area contributed by atoms with Gasteiger partial charge in [-0.2, -0.15) is 5.10 Å². The second-order valence-electron chi connectivity index (χ2n) is 7.06. The molecule has 1 aliphatic rings. The maximum Gasteiger partial charge on any atom is 0.357 e. The van der Waals surface area contributed by atoms with Crippen LogP contribution in [0.2, 0.25) is 5.02 Å². The molecule has 0 spiro atoms. The van der Waals surface area contributed by atoms with Crippen molar-refractivity contribution in [2.24, 2.45) is 0 Å². The summed E-state index contributed by atoms with van der Waals surface area (Å²) in [5.74, 6) is -0.635. The molecular formula is C22H20ClN3O3. The summed E-state index contributed by atoms with van der Waals surface area (Å²) < 4.78 is 6.84. The Morgan fingerprint density at radius 3 is 2.66 bits per heavy atom. The lowest BCUT2D eigenvalue weighted by Crippen LogP contribution is -2.22. The van der Waals surface area contributed by atoms with E-state index in [4.69, 9.17) is 16.3 Å². The molecule has 0 atom stereocenters. The van der Waals surface area contributed by atoms with E-state index >= 15 is 0 Å². The number of nitrogens with zero attached hydrogens (tertiary/aromatic N) is 2. The molecule has 0 aliphatic heterocycles. The minimum atomic E-state index is -0.591. The molecule has 0 radical (unpaired) electrons. The first-order valence-corrected chi connectivity index (χ1v) is 9.77. The molecule has 3 aromatic rings. The van der Waals surface area contributed by atoms with E-state index < -0.39 is 18.5 Å². The van der Waals surface area contributed by atoms with E-state index in [-0.39, 0.29) is 0 Å². The Balaban J connectivity index is 1.47. The van der Waals surface area contributed by atoms with Gasteiger partial charge in [-0.1, -0.05) is 35.9 Å². The van der Waals surface area contributed by atoms with E-state index in [0.717, 1.165) is 29.8 Å². The van der Waals surface area contributed by atoms with Crippen LogP contribution < -0.4 is 5.32 Å². The first kappa shape index (κ1) is 19.2. The number of ether oxygens (including phenoxy) is 1. The van der Waals surface area contributed by atoms with Crippen molar-refractivity contribution in [3.05, 3.63) is 76.6 Å². The number of aromatic nitrogens is 2. The van der Waals surface area contributed by atoms with Gasteiger partial charge in [0.1, 0.15) is 0 Å². The Morgan fingerprint density at radius 2 is 1.93 bits per heavy atom. The number of hydrogen-bond acceptors (Lipinski definition) is 4. The number of amides is 1. The van der Waals surface area contributed by atoms with Gasteiger partial charge in [0.05, 0.1) is 11.4 Å². The van der Waals surface area contributed by atoms with Gasteiger partial charge in [0, 0.05) is 16.6 Å². The molecule has 1 fully saturated rings. The van der Waals surface area contributed by atoms with Gasteiger partial charge in [-0.15, -0.1) is 0 Å². The Labute approximate surface area is 173 Å². The van der Waals surface area contributed by atoms with Crippen LogP contribution in [0.15, 0.2) is 54.6 Å². The number of aryl methyl sites for hydroxylation is 1. The van der Waals surface area contributed by atoms with Gasteiger partial charge in [-0.3, -0.25) is 4.79 Å². The number of esters is 1. The summed E-state index contributed by atoms with van der Waals surface area (Å²) in [5, 5.41) is 7.81. The highest BCUT2D eigenvalue weighted by molar-refractivity contribution is 6.31. The van der Waals surface area contributed by atoms with Gasteiger partial charge in [0.25, 0.3) is 5.91 Å². The van der Waals surface area contributed by atoms with Crippen molar-refractivity contribution in [2.45, 2.75) is 25.7 Å². The minimum absolute atomic E-state index is 0.310. The smallest absolute Gasteiger partial charge is 0.357 e. The zero-order chi connectivity index (χ0) is 20.4. The summed E-state index contributed by atoms with van der Waals surface area (Å²) in [4.78, 5) is 24.9. The predicted octanol–water partition coefficient (Wildman–Crippen LogP) is 4.51. The Bertz CT molecular complexity index is 1060. The molecule has 0 unspecified atom stereocenters. The number of anilines is 1. The van der Waals surface area contributed by atoms with Gasteiger partial charge < -0.3 is 10.1 Å². The predicted molar refractivity (Wildman–Crippen MR) is 111 cm³/mol. The van der Waals surface area contributed by atoms with Crippen molar-refractivity contribution in [1.29, 1.82) is 0 Å². The third-order valence-electron chi connectivity index (χ3n) is 4.74. The number of carbonyl (C=O) groups excluding carboxylic acids is 2. The molecule has 2 aromatic carbocycles. The third-order valence-corrected chi connectivity index (χ3v) is 4.98. The zero-order valence-corrected chi connectivity index (χ0v) is 16.6. The number of carbonyl (C=O) groups is 2. The molecule has 0 bridgehead atoms. The van der Waals surface area contributed by atoms with Crippen molar-refractivity contribution in [3.8, 4) is 5.69 Å². The summed E-state index contributed by atoms with van der Waals surface area (Å²) in [6, 6.07) is 16.4. The first-order valence-electron chi connectivity index (χ1n) is 9.40. The van der Waals surface area contributed by atoms with Crippen molar-refractivity contribution < 1.29 is 14.3 Å². The normalized spacial score (nSPS) is 13.2. The van der Waals surface area contributed by atoms with E-state index in [9.17, 15) is 9.59 Å². The van der Waals surface area contributed by atoms with Crippen LogP contribution >= 0.6 is 11.6 Å². The fourth-order valence-electron chi connectivity index (χ4n) is 3.01. The highest BCUT2D eigenvalue weighted by Crippen LogP contribution is 2.39. The molecule has 7 heteroatoms. The molecule has 1 aromatic heterocycles. The molecule has 1 N–H and O–H groups in total. The van der Waals surface area contributed by atoms with Gasteiger partial charge in [-0.05, 0) is 55.7 Å². The number of para-hydroxylation sites is 1. The van der Waals surface area contributed by atoms with E-state index in [1.54, 1.807) is 22.9 Å². The van der Waals surface area contributed by atoms with Crippen molar-refractivity contribution in [1.82, 2.24) is 9.78 Å². The highest BCUT2D eigenvalue weighted by Gasteiger charge is 2.29. The number of nitrogens with one attached hydrogen (secondary N) is 1. The second kappa shape index (κ2) is 8.09. The molecule has 0 saturated heterocycles. The lowest BCUT2D eigenvalue weighted by Gasteiger charge is -2.10. The molecule has 1 amide bonds. The monoisotopic (exact) mass is 409 g/mol. The standard InChI is InChI=1S/C22H20ClN3O3/c1-14-7-10-16(23)11-18(14)24-21(27)13-29-22(28)20-12-19(15-8-9-15)25-26(20)17-5-3-2-4-6-17/h2-7,10-12,15H,8-9,13H2,1H3,(H,24,27). The molecule has 4 rings (SSSR count). The topological polar surface area (TPSA) is 73.2 Å². The van der Waals surface area contributed by atoms with Crippen LogP contribution in [-0.2, 0) is 9.53 Å². The second-order valence-corrected chi connectivity index (χ2v) is 7.50. The van der Waals surface area contributed by atoms with Crippen molar-refractivity contribution >= 4 is 29.2 Å². The molecule has 148 valence electrons. The maximum absolute atomic E-state index is 12.7. The maximum atomic E-state index is 12.7. The average molecular weight is 410 g/mol. The van der Waals surface area contributed by atoms with Crippen LogP contribution in [0.4, 0.5) is 5.69 Å². The quantitative estimate of drug-likeness (QED) is 0.608. The number of benzene rings is 2. The number of halogens is 1. The third kappa shape index (κ3) is 4.49. The number of hydrogen-bond donors (Lipinski definition) is 1. The van der Waals surface area contributed by atoms with Crippen LogP contribution in [0.5, 0.6) is 0 Å². The molecule has 1 heterocycles. The van der Waals surface area contributed by atoms with Crippen molar-refractivity contribution in [3.63, 3.8) is 0 Å². The fourth-order valence-corrected chi connectivity index (χ4v) is 3.18. The van der Waals surface area contributed by atoms with E-state index in [1.807, 2.05) is 43.3 Å². The first-order chi connectivity index (χ1) is 14.0. The lowest BCUT2D eigenvalue weighted by atomic mass is 10.2. The summed E-state index contributed by atoms with van der Waals surface area (Å²) in [6.45, 7) is 1.46. The molecule has 29 heavy (non-hydrogen) atoms. The van der Waals surface area contributed by atoms with Gasteiger partial charge in [0.15, 0.2) is 12.3 Å². The summed E-state index contributed by atoms with van der Waals surface area (Å²) >= 11 is 5.97. The van der Waals surface area contributed by atoms with Crippen LogP contribution in [0.1, 0.15) is 40.5 Å². The molecule has 1 saturated carbocycles. The fraction of sp³-hybridized carbons (Fsp3) is 0.227. The largest absolute Gasteiger partial charge is 0.451 e. The lowest BCUT2D eigenvalue weighted by molar-refractivity contribution is -0.119. The Morgan fingerprint density at radius 1 is 1.17 bits per heavy atom. The van der Waals surface area contributed by atoms with Gasteiger partial charge in [0.2, 0.25) is 0 Å². The van der Waals surface area contributed by atoms with E-state index in [2.05, 4.69) is 10.4 Å². The van der Waals surface area contributed by atoms with Crippen LogP contribution in [-0.4, -0.2) is 28.3 Å². The highest BCUT2D eigenvalue weighted by atomic mass is 35.5. The zero-order valence-electron chi connectivity index (χ0n) is 15.9.